The van der Waals surface area contributed by atoms with Gasteiger partial charge in [-0.1, -0.05) is 27.7 Å². The molecule has 0 aliphatic heterocycles. The molecule has 168 valence electrons. The lowest BCUT2D eigenvalue weighted by atomic mass is 10.2. The van der Waals surface area contributed by atoms with Gasteiger partial charge in [-0.15, -0.1) is 24.8 Å². The van der Waals surface area contributed by atoms with Gasteiger partial charge in [0.2, 0.25) is 0 Å². The second-order valence-electron chi connectivity index (χ2n) is 6.96. The van der Waals surface area contributed by atoms with Gasteiger partial charge in [-0.3, -0.25) is 4.68 Å². The average molecular weight is 448 g/mol. The highest BCUT2D eigenvalue weighted by Gasteiger charge is 2.11. The highest BCUT2D eigenvalue weighted by Crippen LogP contribution is 2.27. The third-order valence-corrected chi connectivity index (χ3v) is 5.31. The van der Waals surface area contributed by atoms with Gasteiger partial charge in [0.1, 0.15) is 5.75 Å². The van der Waals surface area contributed by atoms with E-state index in [1.807, 2.05) is 12.1 Å². The average Bonchev–Trinajstić information content (AvgIpc) is 3.02. The first-order valence-corrected chi connectivity index (χ1v) is 10.5. The molecule has 0 saturated carbocycles. The van der Waals surface area contributed by atoms with E-state index in [1.165, 1.54) is 0 Å². The Labute approximate surface area is 188 Å². The molecule has 1 heterocycles. The number of halogens is 2. The minimum absolute atomic E-state index is 0. The second kappa shape index (κ2) is 14.7. The van der Waals surface area contributed by atoms with Crippen LogP contribution in [0, 0.1) is 0 Å². The molecule has 0 saturated heterocycles. The van der Waals surface area contributed by atoms with Crippen molar-refractivity contribution in [3.63, 3.8) is 0 Å². The number of aryl methyl sites for hydroxylation is 1. The van der Waals surface area contributed by atoms with Crippen LogP contribution in [0.5, 0.6) is 5.75 Å². The monoisotopic (exact) mass is 447 g/mol. The third-order valence-electron chi connectivity index (χ3n) is 5.31. The number of hydrogen-bond acceptors (Lipinski definition) is 5. The fourth-order valence-corrected chi connectivity index (χ4v) is 3.50. The zero-order valence-electron chi connectivity index (χ0n) is 18.4. The summed E-state index contributed by atoms with van der Waals surface area (Å²) < 4.78 is 2.07. The van der Waals surface area contributed by atoms with Crippen molar-refractivity contribution in [3.8, 4) is 5.75 Å². The predicted molar refractivity (Wildman–Crippen MR) is 129 cm³/mol. The highest BCUT2D eigenvalue weighted by molar-refractivity contribution is 5.91. The smallest absolute Gasteiger partial charge is 0.156 e. The number of hydrogen-bond donors (Lipinski definition) is 2. The van der Waals surface area contributed by atoms with Gasteiger partial charge in [-0.2, -0.15) is 5.10 Å². The van der Waals surface area contributed by atoms with Crippen molar-refractivity contribution in [1.82, 2.24) is 19.6 Å². The molecule has 0 atom stereocenters. The summed E-state index contributed by atoms with van der Waals surface area (Å²) >= 11 is 0. The summed E-state index contributed by atoms with van der Waals surface area (Å²) in [4.78, 5) is 4.86. The molecule has 0 unspecified atom stereocenters. The van der Waals surface area contributed by atoms with E-state index in [2.05, 4.69) is 47.5 Å². The lowest BCUT2D eigenvalue weighted by Crippen LogP contribution is -2.25. The zero-order valence-corrected chi connectivity index (χ0v) is 20.0. The molecule has 2 N–H and O–H groups in total. The summed E-state index contributed by atoms with van der Waals surface area (Å²) in [5.41, 5.74) is 1.08. The quantitative estimate of drug-likeness (QED) is 0.443. The molecule has 0 spiro atoms. The fraction of sp³-hybridized carbons (Fsp3) is 0.667. The number of aromatic nitrogens is 2. The molecule has 0 fully saturated rings. The summed E-state index contributed by atoms with van der Waals surface area (Å²) in [5, 5.41) is 19.2. The molecule has 0 bridgehead atoms. The van der Waals surface area contributed by atoms with Crippen LogP contribution in [-0.2, 0) is 6.54 Å². The Balaban J connectivity index is 0.00000392. The fourth-order valence-electron chi connectivity index (χ4n) is 3.50. The Morgan fingerprint density at radius 2 is 1.52 bits per heavy atom. The first-order chi connectivity index (χ1) is 13.1. The standard InChI is InChI=1S/C21H37N5O.2ClH/c1-5-24(6-2)14-9-13-22-21-19-17-18(27)11-12-20(19)26(23-21)16-10-15-25(7-3)8-4;;/h11-12,17,27H,5-10,13-16H2,1-4H3,(H,22,23);2*1H. The normalized spacial score (nSPS) is 11.0. The number of anilines is 1. The maximum atomic E-state index is 9.91. The van der Waals surface area contributed by atoms with Crippen molar-refractivity contribution >= 4 is 41.5 Å². The number of nitrogens with zero attached hydrogens (tertiary/aromatic N) is 4. The molecule has 0 radical (unpaired) electrons. The van der Waals surface area contributed by atoms with Crippen LogP contribution < -0.4 is 5.32 Å². The maximum absolute atomic E-state index is 9.91. The van der Waals surface area contributed by atoms with Crippen LogP contribution in [0.2, 0.25) is 0 Å². The Morgan fingerprint density at radius 1 is 0.931 bits per heavy atom. The Hall–Kier alpha value is -1.21. The zero-order chi connectivity index (χ0) is 19.6. The van der Waals surface area contributed by atoms with Crippen molar-refractivity contribution in [2.45, 2.75) is 47.1 Å². The first-order valence-electron chi connectivity index (χ1n) is 10.5. The van der Waals surface area contributed by atoms with E-state index >= 15 is 0 Å². The molecule has 1 aromatic heterocycles. The van der Waals surface area contributed by atoms with E-state index in [9.17, 15) is 5.11 Å². The minimum atomic E-state index is 0. The van der Waals surface area contributed by atoms with Crippen LogP contribution in [0.25, 0.3) is 10.9 Å². The van der Waals surface area contributed by atoms with Crippen LogP contribution in [0.15, 0.2) is 18.2 Å². The number of rotatable bonds is 13. The number of benzene rings is 1. The molecule has 0 aliphatic carbocycles. The van der Waals surface area contributed by atoms with Gasteiger partial charge in [-0.05, 0) is 70.3 Å². The van der Waals surface area contributed by atoms with Crippen molar-refractivity contribution < 1.29 is 5.11 Å². The minimum Gasteiger partial charge on any atom is -0.508 e. The van der Waals surface area contributed by atoms with Gasteiger partial charge >= 0.3 is 0 Å². The summed E-state index contributed by atoms with van der Waals surface area (Å²) in [6, 6.07) is 5.53. The first kappa shape index (κ1) is 27.8. The summed E-state index contributed by atoms with van der Waals surface area (Å²) in [7, 11) is 0. The van der Waals surface area contributed by atoms with Crippen LogP contribution in [-0.4, -0.2) is 70.5 Å². The predicted octanol–water partition coefficient (Wildman–Crippen LogP) is 4.46. The van der Waals surface area contributed by atoms with Crippen molar-refractivity contribution in [2.24, 2.45) is 0 Å². The largest absolute Gasteiger partial charge is 0.508 e. The lowest BCUT2D eigenvalue weighted by Gasteiger charge is -2.17. The van der Waals surface area contributed by atoms with Crippen molar-refractivity contribution in [3.05, 3.63) is 18.2 Å². The second-order valence-corrected chi connectivity index (χ2v) is 6.96. The molecular formula is C21H39Cl2N5O. The molecule has 1 aromatic carbocycles. The van der Waals surface area contributed by atoms with Crippen molar-refractivity contribution in [1.29, 1.82) is 0 Å². The molecule has 8 heteroatoms. The Kier molecular flexibility index (Phi) is 14.1. The third kappa shape index (κ3) is 8.21. The molecule has 2 rings (SSSR count). The highest BCUT2D eigenvalue weighted by atomic mass is 35.5. The topological polar surface area (TPSA) is 56.6 Å². The van der Waals surface area contributed by atoms with Crippen LogP contribution in [0.4, 0.5) is 5.82 Å². The Morgan fingerprint density at radius 3 is 2.10 bits per heavy atom. The molecule has 6 nitrogen and oxygen atoms in total. The molecule has 0 amide bonds. The van der Waals surface area contributed by atoms with Crippen LogP contribution >= 0.6 is 24.8 Å². The molecule has 2 aromatic rings. The Bertz CT molecular complexity index is 687. The summed E-state index contributed by atoms with van der Waals surface area (Å²) in [5.74, 6) is 1.17. The summed E-state index contributed by atoms with van der Waals surface area (Å²) in [6.07, 6.45) is 2.15. The van der Waals surface area contributed by atoms with E-state index in [0.29, 0.717) is 0 Å². The van der Waals surface area contributed by atoms with Gasteiger partial charge in [-0.25, -0.2) is 0 Å². The van der Waals surface area contributed by atoms with E-state index in [0.717, 1.165) is 81.9 Å². The van der Waals surface area contributed by atoms with E-state index in [-0.39, 0.29) is 30.6 Å². The number of nitrogens with one attached hydrogen (secondary N) is 1. The molecular weight excluding hydrogens is 409 g/mol. The molecule has 0 aliphatic rings. The van der Waals surface area contributed by atoms with E-state index in [4.69, 9.17) is 5.10 Å². The van der Waals surface area contributed by atoms with Gasteiger partial charge in [0.25, 0.3) is 0 Å². The molecule has 29 heavy (non-hydrogen) atoms. The van der Waals surface area contributed by atoms with Gasteiger partial charge < -0.3 is 20.2 Å². The van der Waals surface area contributed by atoms with Crippen LogP contribution in [0.1, 0.15) is 40.5 Å². The maximum Gasteiger partial charge on any atom is 0.156 e. The van der Waals surface area contributed by atoms with Crippen molar-refractivity contribution in [2.75, 3.05) is 51.1 Å². The number of fused-ring (bicyclic) bond motifs is 1. The SMILES string of the molecule is CCN(CC)CCCNc1nn(CCCN(CC)CC)c2ccc(O)cc12.Cl.Cl. The van der Waals surface area contributed by atoms with E-state index in [1.54, 1.807) is 6.07 Å². The van der Waals surface area contributed by atoms with E-state index < -0.39 is 0 Å². The van der Waals surface area contributed by atoms with Gasteiger partial charge in [0, 0.05) is 18.5 Å². The van der Waals surface area contributed by atoms with Gasteiger partial charge in [0.15, 0.2) is 5.82 Å². The van der Waals surface area contributed by atoms with Crippen LogP contribution in [0.3, 0.4) is 0 Å². The number of phenolic OH excluding ortho intramolecular Hbond substituents is 1. The summed E-state index contributed by atoms with van der Waals surface area (Å²) in [6.45, 7) is 17.1. The van der Waals surface area contributed by atoms with Gasteiger partial charge in [0.05, 0.1) is 5.52 Å². The lowest BCUT2D eigenvalue weighted by molar-refractivity contribution is 0.292. The number of phenols is 1. The number of aromatic hydroxyl groups is 1.